The van der Waals surface area contributed by atoms with Gasteiger partial charge >= 0.3 is 12.3 Å². The van der Waals surface area contributed by atoms with Crippen LogP contribution in [0.3, 0.4) is 0 Å². The van der Waals surface area contributed by atoms with Gasteiger partial charge in [-0.15, -0.1) is 0 Å². The summed E-state index contributed by atoms with van der Waals surface area (Å²) >= 11 is 0. The van der Waals surface area contributed by atoms with Crippen molar-refractivity contribution in [3.63, 3.8) is 0 Å². The van der Waals surface area contributed by atoms with Gasteiger partial charge in [0, 0.05) is 45.3 Å². The Morgan fingerprint density at radius 3 is 2.09 bits per heavy atom. The molecule has 14 heteroatoms. The maximum atomic E-state index is 14.3. The van der Waals surface area contributed by atoms with Crippen molar-refractivity contribution in [3.8, 4) is 5.75 Å². The fraction of sp³-hybridized carbons (Fsp3) is 0.641. The number of ether oxygens (including phenoxy) is 2. The molecule has 2 aliphatic heterocycles. The molecule has 292 valence electrons. The number of sulfonamides is 1. The first-order valence-electron chi connectivity index (χ1n) is 19.0. The third-order valence-corrected chi connectivity index (χ3v) is 13.0. The number of piperidine rings is 1. The van der Waals surface area contributed by atoms with E-state index in [4.69, 9.17) is 9.47 Å². The Morgan fingerprint density at radius 2 is 1.51 bits per heavy atom. The molecule has 2 aliphatic carbocycles. The van der Waals surface area contributed by atoms with Gasteiger partial charge < -0.3 is 19.7 Å². The van der Waals surface area contributed by atoms with Gasteiger partial charge in [-0.25, -0.2) is 13.2 Å². The van der Waals surface area contributed by atoms with Crippen LogP contribution in [-0.4, -0.2) is 97.7 Å². The summed E-state index contributed by atoms with van der Waals surface area (Å²) in [7, 11) is -4.09. The van der Waals surface area contributed by atoms with E-state index in [2.05, 4.69) is 5.32 Å². The van der Waals surface area contributed by atoms with Gasteiger partial charge in [-0.2, -0.15) is 17.5 Å². The van der Waals surface area contributed by atoms with E-state index in [0.717, 1.165) is 18.4 Å². The highest BCUT2D eigenvalue weighted by atomic mass is 32.2. The molecule has 2 aromatic carbocycles. The van der Waals surface area contributed by atoms with Crippen LogP contribution in [0, 0.1) is 5.92 Å². The highest BCUT2D eigenvalue weighted by Crippen LogP contribution is 2.58. The van der Waals surface area contributed by atoms with Crippen LogP contribution in [0.4, 0.5) is 18.0 Å². The molecule has 2 saturated carbocycles. The Balaban J connectivity index is 1.15. The number of rotatable bonds is 10. The summed E-state index contributed by atoms with van der Waals surface area (Å²) < 4.78 is 82.3. The maximum Gasteiger partial charge on any atom is 0.407 e. The zero-order valence-electron chi connectivity index (χ0n) is 31.0. The molecular weight excluding hydrogens is 710 g/mol. The Bertz CT molecular complexity index is 1680. The number of nitrogens with zero attached hydrogens (tertiary/aromatic N) is 3. The molecule has 4 fully saturated rings. The molecule has 1 atom stereocenters. The van der Waals surface area contributed by atoms with E-state index >= 15 is 0 Å². The van der Waals surface area contributed by atoms with Gasteiger partial charge in [0.05, 0.1) is 16.9 Å². The van der Waals surface area contributed by atoms with Gasteiger partial charge in [-0.1, -0.05) is 43.5 Å². The molecule has 0 unspecified atom stereocenters. The smallest absolute Gasteiger partial charge is 0.407 e. The van der Waals surface area contributed by atoms with Crippen molar-refractivity contribution >= 4 is 22.0 Å². The average molecular weight is 763 g/mol. The summed E-state index contributed by atoms with van der Waals surface area (Å²) in [6, 6.07) is 11.7. The Labute approximate surface area is 311 Å². The molecule has 1 N–H and O–H groups in total. The average Bonchev–Trinajstić information content (AvgIpc) is 3.94. The molecule has 2 amide bonds. The zero-order valence-corrected chi connectivity index (χ0v) is 31.8. The highest BCUT2D eigenvalue weighted by molar-refractivity contribution is 7.89. The minimum Gasteiger partial charge on any atom is -0.493 e. The Hall–Kier alpha value is -3.36. The predicted octanol–water partition coefficient (Wildman–Crippen LogP) is 6.63. The van der Waals surface area contributed by atoms with Crippen molar-refractivity contribution in [1.82, 2.24) is 19.4 Å². The van der Waals surface area contributed by atoms with E-state index < -0.39 is 39.4 Å². The first-order chi connectivity index (χ1) is 25.0. The first kappa shape index (κ1) is 39.3. The SMILES string of the molecule is CC(C)(C)OC(=O)NC1CCN(C(=O)[C@H]2CN(Cc3ccc(C4(C(F)(F)F)CC4)cc3)CCN2S(=O)(=O)c2ccc(OCC3CCCCC3)cc2)CC1. The van der Waals surface area contributed by atoms with Crippen molar-refractivity contribution in [2.75, 3.05) is 39.3 Å². The van der Waals surface area contributed by atoms with Gasteiger partial charge in [0.15, 0.2) is 0 Å². The van der Waals surface area contributed by atoms with Crippen LogP contribution in [0.1, 0.15) is 89.7 Å². The third-order valence-electron chi connectivity index (χ3n) is 11.1. The summed E-state index contributed by atoms with van der Waals surface area (Å²) in [5.41, 5.74) is -1.37. The molecule has 2 heterocycles. The largest absolute Gasteiger partial charge is 0.493 e. The number of likely N-dealkylation sites (tertiary alicyclic amines) is 1. The number of nitrogens with one attached hydrogen (secondary N) is 1. The number of carbonyl (C=O) groups is 2. The fourth-order valence-electron chi connectivity index (χ4n) is 7.84. The summed E-state index contributed by atoms with van der Waals surface area (Å²) in [4.78, 5) is 30.3. The van der Waals surface area contributed by atoms with Crippen molar-refractivity contribution < 1.29 is 40.7 Å². The van der Waals surface area contributed by atoms with Crippen molar-refractivity contribution in [2.24, 2.45) is 5.92 Å². The molecule has 0 spiro atoms. The van der Waals surface area contributed by atoms with E-state index in [1.54, 1.807) is 49.9 Å². The quantitative estimate of drug-likeness (QED) is 0.290. The number of halogens is 3. The second-order valence-electron chi connectivity index (χ2n) is 16.2. The molecule has 10 nitrogen and oxygen atoms in total. The van der Waals surface area contributed by atoms with E-state index in [-0.39, 0.29) is 48.3 Å². The lowest BCUT2D eigenvalue weighted by molar-refractivity contribution is -0.160. The van der Waals surface area contributed by atoms with E-state index in [1.165, 1.54) is 47.8 Å². The third kappa shape index (κ3) is 9.48. The molecule has 0 aromatic heterocycles. The predicted molar refractivity (Wildman–Crippen MR) is 194 cm³/mol. The summed E-state index contributed by atoms with van der Waals surface area (Å²) in [6.07, 6.45) is 2.25. The van der Waals surface area contributed by atoms with Gasteiger partial charge in [0.25, 0.3) is 0 Å². The second kappa shape index (κ2) is 15.8. The topological polar surface area (TPSA) is 108 Å². The standard InChI is InChI=1S/C39H53F3N4O6S/c1-37(2,3)52-36(48)43-31-17-21-45(22-18-31)35(47)34-26-44(25-28-9-11-30(12-10-28)38(19-20-38)39(40,41)42)23-24-46(34)53(49,50)33-15-13-32(14-16-33)51-27-29-7-5-4-6-8-29/h9-16,29,31,34H,4-8,17-27H2,1-3H3,(H,43,48)/t34-/m1/s1. The van der Waals surface area contributed by atoms with Crippen LogP contribution in [0.5, 0.6) is 5.75 Å². The van der Waals surface area contributed by atoms with E-state index in [1.807, 2.05) is 4.90 Å². The number of benzene rings is 2. The molecule has 4 aliphatic rings. The Kier molecular flexibility index (Phi) is 11.7. The molecule has 2 saturated heterocycles. The maximum absolute atomic E-state index is 14.3. The van der Waals surface area contributed by atoms with Gasteiger partial charge in [-0.3, -0.25) is 9.69 Å². The number of hydrogen-bond donors (Lipinski definition) is 1. The minimum atomic E-state index is -4.30. The minimum absolute atomic E-state index is 0.0601. The molecule has 2 aromatic rings. The summed E-state index contributed by atoms with van der Waals surface area (Å²) in [5.74, 6) is 0.780. The first-order valence-corrected chi connectivity index (χ1v) is 20.4. The fourth-order valence-corrected chi connectivity index (χ4v) is 9.41. The van der Waals surface area contributed by atoms with Gasteiger partial charge in [0.2, 0.25) is 15.9 Å². The number of hydrogen-bond acceptors (Lipinski definition) is 7. The van der Waals surface area contributed by atoms with Crippen molar-refractivity contribution in [2.45, 2.75) is 119 Å². The van der Waals surface area contributed by atoms with Crippen LogP contribution in [-0.2, 0) is 31.5 Å². The second-order valence-corrected chi connectivity index (χ2v) is 18.1. The number of alkyl carbamates (subject to hydrolysis) is 1. The monoisotopic (exact) mass is 762 g/mol. The van der Waals surface area contributed by atoms with Crippen molar-refractivity contribution in [1.29, 1.82) is 0 Å². The molecule has 53 heavy (non-hydrogen) atoms. The van der Waals surface area contributed by atoms with Crippen LogP contribution in [0.25, 0.3) is 0 Å². The lowest BCUT2D eigenvalue weighted by Crippen LogP contribution is -2.61. The molecule has 0 bridgehead atoms. The zero-order chi connectivity index (χ0) is 38.0. The lowest BCUT2D eigenvalue weighted by atomic mass is 9.90. The lowest BCUT2D eigenvalue weighted by Gasteiger charge is -2.42. The van der Waals surface area contributed by atoms with Crippen molar-refractivity contribution in [3.05, 3.63) is 59.7 Å². The van der Waals surface area contributed by atoms with E-state index in [9.17, 15) is 31.2 Å². The number of amides is 2. The Morgan fingerprint density at radius 1 is 0.868 bits per heavy atom. The van der Waals surface area contributed by atoms with Crippen LogP contribution >= 0.6 is 0 Å². The van der Waals surface area contributed by atoms with Gasteiger partial charge in [-0.05, 0) is 101 Å². The van der Waals surface area contributed by atoms with E-state index in [0.29, 0.717) is 57.3 Å². The van der Waals surface area contributed by atoms with Crippen LogP contribution in [0.15, 0.2) is 53.4 Å². The number of piperazine rings is 1. The van der Waals surface area contributed by atoms with Gasteiger partial charge in [0.1, 0.15) is 17.4 Å². The molecule has 0 radical (unpaired) electrons. The van der Waals surface area contributed by atoms with Crippen LogP contribution < -0.4 is 10.1 Å². The number of carbonyl (C=O) groups excluding carboxylic acids is 2. The summed E-state index contributed by atoms with van der Waals surface area (Å²) in [5, 5.41) is 2.87. The summed E-state index contributed by atoms with van der Waals surface area (Å²) in [6.45, 7) is 7.48. The molecule has 6 rings (SSSR count). The highest BCUT2D eigenvalue weighted by Gasteiger charge is 2.64. The van der Waals surface area contributed by atoms with Crippen LogP contribution in [0.2, 0.25) is 0 Å². The normalized spacial score (nSPS) is 22.3. The molecular formula is C39H53F3N4O6S. The number of alkyl halides is 3.